The van der Waals surface area contributed by atoms with Crippen molar-refractivity contribution in [3.63, 3.8) is 0 Å². The van der Waals surface area contributed by atoms with Crippen molar-refractivity contribution in [3.05, 3.63) is 75.4 Å². The molecule has 2 amide bonds. The molecule has 4 aromatic rings. The average molecular weight is 464 g/mol. The van der Waals surface area contributed by atoms with Crippen LogP contribution in [0.5, 0.6) is 5.75 Å². The first-order valence-electron chi connectivity index (χ1n) is 10.5. The van der Waals surface area contributed by atoms with E-state index in [0.29, 0.717) is 25.0 Å². The molecule has 3 heterocycles. The summed E-state index contributed by atoms with van der Waals surface area (Å²) in [7, 11) is 1.62. The Labute approximate surface area is 195 Å². The normalized spacial score (nSPS) is 11.0. The topological polar surface area (TPSA) is 103 Å². The number of nitrogens with two attached hydrogens (primary N) is 1. The number of aryl methyl sites for hydroxylation is 2. The quantitative estimate of drug-likeness (QED) is 0.429. The Bertz CT molecular complexity index is 1300. The largest absolute Gasteiger partial charge is 0.497 e. The van der Waals surface area contributed by atoms with E-state index in [2.05, 4.69) is 10.1 Å². The number of nitrogens with zero attached hydrogens (tertiary/aromatic N) is 4. The van der Waals surface area contributed by atoms with Gasteiger partial charge in [-0.15, -0.1) is 11.3 Å². The van der Waals surface area contributed by atoms with Crippen LogP contribution in [0.3, 0.4) is 0 Å². The van der Waals surface area contributed by atoms with Gasteiger partial charge in [-0.3, -0.25) is 9.59 Å². The maximum absolute atomic E-state index is 13.4. The molecular weight excluding hydrogens is 438 g/mol. The minimum Gasteiger partial charge on any atom is -0.497 e. The molecule has 0 aliphatic rings. The molecule has 0 fully saturated rings. The zero-order valence-corrected chi connectivity index (χ0v) is 19.6. The zero-order chi connectivity index (χ0) is 23.5. The van der Waals surface area contributed by atoms with Gasteiger partial charge in [0, 0.05) is 28.4 Å². The molecule has 0 radical (unpaired) electrons. The Hall–Kier alpha value is -3.72. The summed E-state index contributed by atoms with van der Waals surface area (Å²) in [6.45, 7) is 4.28. The molecule has 0 spiro atoms. The number of thiophene rings is 1. The van der Waals surface area contributed by atoms with Crippen LogP contribution in [0.15, 0.2) is 48.0 Å². The van der Waals surface area contributed by atoms with Crippen LogP contribution in [0.25, 0.3) is 5.65 Å². The van der Waals surface area contributed by atoms with E-state index >= 15 is 0 Å². The molecule has 0 aliphatic heterocycles. The second kappa shape index (κ2) is 9.41. The number of hydrogen-bond donors (Lipinski definition) is 1. The van der Waals surface area contributed by atoms with Crippen LogP contribution in [-0.2, 0) is 17.8 Å². The van der Waals surface area contributed by atoms with Crippen molar-refractivity contribution in [1.82, 2.24) is 14.6 Å². The van der Waals surface area contributed by atoms with Gasteiger partial charge in [-0.25, -0.2) is 9.50 Å². The molecule has 8 nitrogen and oxygen atoms in total. The van der Waals surface area contributed by atoms with E-state index in [-0.39, 0.29) is 11.5 Å². The molecule has 3 aromatic heterocycles. The van der Waals surface area contributed by atoms with E-state index in [4.69, 9.17) is 10.5 Å². The number of rotatable bonds is 8. The van der Waals surface area contributed by atoms with Gasteiger partial charge in [0.25, 0.3) is 5.91 Å². The molecule has 0 aliphatic carbocycles. The van der Waals surface area contributed by atoms with Crippen LogP contribution in [0.1, 0.15) is 38.6 Å². The van der Waals surface area contributed by atoms with Gasteiger partial charge in [0.15, 0.2) is 5.65 Å². The monoisotopic (exact) mass is 463 g/mol. The molecule has 1 aromatic carbocycles. The van der Waals surface area contributed by atoms with E-state index in [0.717, 1.165) is 33.3 Å². The van der Waals surface area contributed by atoms with Crippen molar-refractivity contribution in [2.75, 3.05) is 12.0 Å². The van der Waals surface area contributed by atoms with Gasteiger partial charge in [0.1, 0.15) is 11.3 Å². The highest BCUT2D eigenvalue weighted by atomic mass is 32.1. The predicted molar refractivity (Wildman–Crippen MR) is 128 cm³/mol. The van der Waals surface area contributed by atoms with Gasteiger partial charge in [-0.2, -0.15) is 5.10 Å². The number of anilines is 1. The SMILES string of the molecule is COc1ccc(N(Cc2cccs2)C(=O)CCc2c(C)nc3c(C(N)=O)cnn3c2C)cc1. The minimum atomic E-state index is -0.567. The fourth-order valence-corrected chi connectivity index (χ4v) is 4.55. The van der Waals surface area contributed by atoms with Crippen molar-refractivity contribution in [1.29, 1.82) is 0 Å². The highest BCUT2D eigenvalue weighted by Crippen LogP contribution is 2.25. The standard InChI is InChI=1S/C24H25N5O3S/c1-15-20(16(2)29-24(27-15)21(13-26-29)23(25)31)10-11-22(30)28(14-19-5-4-12-33-19)17-6-8-18(32-3)9-7-17/h4-9,12-13H,10-11,14H2,1-3H3,(H2,25,31). The Balaban J connectivity index is 1.59. The third kappa shape index (κ3) is 4.58. The lowest BCUT2D eigenvalue weighted by Crippen LogP contribution is -2.30. The lowest BCUT2D eigenvalue weighted by atomic mass is 10.1. The van der Waals surface area contributed by atoms with Gasteiger partial charge in [0.2, 0.25) is 5.91 Å². The third-order valence-electron chi connectivity index (χ3n) is 5.64. The molecule has 0 unspecified atom stereocenters. The summed E-state index contributed by atoms with van der Waals surface area (Å²) in [5.74, 6) is 0.177. The lowest BCUT2D eigenvalue weighted by Gasteiger charge is -2.23. The number of benzene rings is 1. The number of fused-ring (bicyclic) bond motifs is 1. The van der Waals surface area contributed by atoms with Gasteiger partial charge >= 0.3 is 0 Å². The van der Waals surface area contributed by atoms with Crippen LogP contribution in [0.2, 0.25) is 0 Å². The summed E-state index contributed by atoms with van der Waals surface area (Å²) in [5.41, 5.74) is 9.49. The van der Waals surface area contributed by atoms with Gasteiger partial charge in [-0.05, 0) is 61.5 Å². The number of carbonyl (C=O) groups excluding carboxylic acids is 2. The summed E-state index contributed by atoms with van der Waals surface area (Å²) in [4.78, 5) is 32.5. The minimum absolute atomic E-state index is 0.00533. The van der Waals surface area contributed by atoms with Crippen LogP contribution in [0, 0.1) is 13.8 Å². The molecule has 4 rings (SSSR count). The number of ether oxygens (including phenoxy) is 1. The smallest absolute Gasteiger partial charge is 0.254 e. The van der Waals surface area contributed by atoms with Gasteiger partial charge in [0.05, 0.1) is 19.9 Å². The molecule has 0 bridgehead atoms. The predicted octanol–water partition coefficient (Wildman–Crippen LogP) is 3.68. The van der Waals surface area contributed by atoms with Crippen LogP contribution < -0.4 is 15.4 Å². The van der Waals surface area contributed by atoms with Crippen LogP contribution in [0.4, 0.5) is 5.69 Å². The van der Waals surface area contributed by atoms with Crippen LogP contribution in [-0.4, -0.2) is 33.5 Å². The molecule has 170 valence electrons. The molecular formula is C24H25N5O3S. The molecule has 9 heteroatoms. The second-order valence-corrected chi connectivity index (χ2v) is 8.71. The Morgan fingerprint density at radius 3 is 2.58 bits per heavy atom. The highest BCUT2D eigenvalue weighted by molar-refractivity contribution is 7.09. The summed E-state index contributed by atoms with van der Waals surface area (Å²) < 4.78 is 6.86. The van der Waals surface area contributed by atoms with Crippen molar-refractivity contribution < 1.29 is 14.3 Å². The highest BCUT2D eigenvalue weighted by Gasteiger charge is 2.20. The molecule has 0 saturated carbocycles. The number of carbonyl (C=O) groups is 2. The maximum atomic E-state index is 13.4. The summed E-state index contributed by atoms with van der Waals surface area (Å²) in [6, 6.07) is 11.5. The van der Waals surface area contributed by atoms with Gasteiger partial charge < -0.3 is 15.4 Å². The van der Waals surface area contributed by atoms with Crippen molar-refractivity contribution in [3.8, 4) is 5.75 Å². The maximum Gasteiger partial charge on any atom is 0.254 e. The van der Waals surface area contributed by atoms with E-state index in [1.807, 2.05) is 55.6 Å². The third-order valence-corrected chi connectivity index (χ3v) is 6.50. The van der Waals surface area contributed by atoms with E-state index in [1.54, 1.807) is 27.9 Å². The van der Waals surface area contributed by atoms with Crippen molar-refractivity contribution >= 4 is 34.5 Å². The number of hydrogen-bond acceptors (Lipinski definition) is 6. The number of primary amides is 1. The molecule has 2 N–H and O–H groups in total. The van der Waals surface area contributed by atoms with Crippen molar-refractivity contribution in [2.45, 2.75) is 33.2 Å². The van der Waals surface area contributed by atoms with Crippen LogP contribution >= 0.6 is 11.3 Å². The summed E-state index contributed by atoms with van der Waals surface area (Å²) >= 11 is 1.62. The zero-order valence-electron chi connectivity index (χ0n) is 18.7. The molecule has 0 saturated heterocycles. The summed E-state index contributed by atoms with van der Waals surface area (Å²) in [6.07, 6.45) is 2.23. The average Bonchev–Trinajstić information content (AvgIpc) is 3.47. The first kappa shape index (κ1) is 22.5. The second-order valence-electron chi connectivity index (χ2n) is 7.68. The fourth-order valence-electron chi connectivity index (χ4n) is 3.86. The Morgan fingerprint density at radius 1 is 1.18 bits per heavy atom. The Morgan fingerprint density at radius 2 is 1.94 bits per heavy atom. The number of aromatic nitrogens is 3. The van der Waals surface area contributed by atoms with Gasteiger partial charge in [-0.1, -0.05) is 6.07 Å². The number of methoxy groups -OCH3 is 1. The van der Waals surface area contributed by atoms with E-state index < -0.39 is 5.91 Å². The van der Waals surface area contributed by atoms with Crippen molar-refractivity contribution in [2.24, 2.45) is 5.73 Å². The molecule has 33 heavy (non-hydrogen) atoms. The van der Waals surface area contributed by atoms with E-state index in [9.17, 15) is 9.59 Å². The molecule has 0 atom stereocenters. The first-order valence-corrected chi connectivity index (χ1v) is 11.4. The summed E-state index contributed by atoms with van der Waals surface area (Å²) in [5, 5.41) is 6.27. The first-order chi connectivity index (χ1) is 15.9. The fraction of sp³-hybridized carbons (Fsp3) is 0.250. The Kier molecular flexibility index (Phi) is 6.41. The number of amides is 2. The van der Waals surface area contributed by atoms with E-state index in [1.165, 1.54) is 6.20 Å². The lowest BCUT2D eigenvalue weighted by molar-refractivity contribution is -0.118.